The predicted octanol–water partition coefficient (Wildman–Crippen LogP) is 1.37. The van der Waals surface area contributed by atoms with Gasteiger partial charge >= 0.3 is 0 Å². The minimum Gasteiger partial charge on any atom is -0.497 e. The summed E-state index contributed by atoms with van der Waals surface area (Å²) in [5.74, 6) is 1.49. The summed E-state index contributed by atoms with van der Waals surface area (Å²) >= 11 is 0. The first-order valence-electron chi connectivity index (χ1n) is 7.51. The number of hydrogen-bond donors (Lipinski definition) is 2. The minimum atomic E-state index is 0.548. The van der Waals surface area contributed by atoms with E-state index in [1.54, 1.807) is 12.0 Å². The molecular formula is C17H20N4O2. The molecule has 3 rings (SSSR count). The van der Waals surface area contributed by atoms with Crippen LogP contribution in [0.4, 0.5) is 0 Å². The number of amides is 1. The van der Waals surface area contributed by atoms with Crippen molar-refractivity contribution in [2.24, 2.45) is 4.99 Å². The van der Waals surface area contributed by atoms with Gasteiger partial charge in [0, 0.05) is 17.9 Å². The molecule has 0 aromatic heterocycles. The van der Waals surface area contributed by atoms with Gasteiger partial charge in [0.25, 0.3) is 0 Å². The number of carbonyl (C=O) groups is 1. The Labute approximate surface area is 135 Å². The lowest BCUT2D eigenvalue weighted by Gasteiger charge is -2.33. The Hall–Kier alpha value is -2.76. The van der Waals surface area contributed by atoms with E-state index in [1.807, 2.05) is 24.3 Å². The Morgan fingerprint density at radius 3 is 2.83 bits per heavy atom. The maximum atomic E-state index is 11.0. The molecule has 0 aliphatic carbocycles. The number of rotatable bonds is 4. The van der Waals surface area contributed by atoms with E-state index in [2.05, 4.69) is 22.2 Å². The molecule has 2 heterocycles. The summed E-state index contributed by atoms with van der Waals surface area (Å²) in [4.78, 5) is 17.3. The highest BCUT2D eigenvalue weighted by molar-refractivity contribution is 5.86. The topological polar surface area (TPSA) is 66.0 Å². The summed E-state index contributed by atoms with van der Waals surface area (Å²) in [5, 5.41) is 6.47. The summed E-state index contributed by atoms with van der Waals surface area (Å²) in [5.41, 5.74) is 4.09. The van der Waals surface area contributed by atoms with Crippen LogP contribution in [0.1, 0.15) is 12.0 Å². The Balaban J connectivity index is 1.70. The molecule has 120 valence electrons. The smallest absolute Gasteiger partial charge is 0.210 e. The third kappa shape index (κ3) is 3.36. The van der Waals surface area contributed by atoms with E-state index in [0.29, 0.717) is 19.0 Å². The maximum absolute atomic E-state index is 11.0. The van der Waals surface area contributed by atoms with Crippen LogP contribution in [0, 0.1) is 0 Å². The Morgan fingerprint density at radius 1 is 1.35 bits per heavy atom. The molecule has 0 saturated carbocycles. The average Bonchev–Trinajstić information content (AvgIpc) is 2.60. The van der Waals surface area contributed by atoms with Crippen LogP contribution in [0.25, 0.3) is 0 Å². The molecular weight excluding hydrogens is 292 g/mol. The van der Waals surface area contributed by atoms with Crippen molar-refractivity contribution in [1.29, 1.82) is 0 Å². The average molecular weight is 312 g/mol. The van der Waals surface area contributed by atoms with Gasteiger partial charge in [-0.05, 0) is 29.7 Å². The van der Waals surface area contributed by atoms with E-state index in [4.69, 9.17) is 4.74 Å². The molecule has 23 heavy (non-hydrogen) atoms. The zero-order valence-electron chi connectivity index (χ0n) is 13.1. The number of hydrogen-bond acceptors (Lipinski definition) is 3. The third-order valence-electron chi connectivity index (χ3n) is 4.01. The second-order valence-electron chi connectivity index (χ2n) is 5.52. The number of nitrogens with one attached hydrogen (secondary N) is 2. The molecule has 0 bridgehead atoms. The highest BCUT2D eigenvalue weighted by Gasteiger charge is 2.24. The van der Waals surface area contributed by atoms with Gasteiger partial charge in [-0.1, -0.05) is 18.7 Å². The lowest BCUT2D eigenvalue weighted by atomic mass is 10.0. The number of aliphatic imine (C=N–C) groups is 1. The molecule has 0 radical (unpaired) electrons. The van der Waals surface area contributed by atoms with Gasteiger partial charge in [0.05, 0.1) is 20.2 Å². The number of guanidine groups is 1. The molecule has 1 amide bonds. The number of ether oxygens (including phenoxy) is 1. The number of carbonyl (C=O) groups excluding carboxylic acids is 1. The lowest BCUT2D eigenvalue weighted by Crippen LogP contribution is -2.47. The normalized spacial score (nSPS) is 19.1. The molecule has 0 unspecified atom stereocenters. The first-order valence-corrected chi connectivity index (χ1v) is 7.51. The van der Waals surface area contributed by atoms with Gasteiger partial charge in [0.1, 0.15) is 5.75 Å². The van der Waals surface area contributed by atoms with Crippen LogP contribution < -0.4 is 15.4 Å². The Morgan fingerprint density at radius 2 is 2.13 bits per heavy atom. The monoisotopic (exact) mass is 312 g/mol. The van der Waals surface area contributed by atoms with Gasteiger partial charge in [0.15, 0.2) is 5.96 Å². The van der Waals surface area contributed by atoms with Crippen LogP contribution in [-0.4, -0.2) is 37.5 Å². The molecule has 0 spiro atoms. The van der Waals surface area contributed by atoms with Crippen LogP contribution >= 0.6 is 0 Å². The molecule has 2 N–H and O–H groups in total. The predicted molar refractivity (Wildman–Crippen MR) is 88.8 cm³/mol. The molecule has 0 atom stereocenters. The molecule has 6 nitrogen and oxygen atoms in total. The van der Waals surface area contributed by atoms with Crippen molar-refractivity contribution >= 4 is 12.4 Å². The fourth-order valence-corrected chi connectivity index (χ4v) is 2.69. The Kier molecular flexibility index (Phi) is 4.32. The summed E-state index contributed by atoms with van der Waals surface area (Å²) in [7, 11) is 1.65. The molecule has 1 aromatic carbocycles. The van der Waals surface area contributed by atoms with Crippen molar-refractivity contribution in [3.05, 3.63) is 53.4 Å². The van der Waals surface area contributed by atoms with Gasteiger partial charge in [-0.25, -0.2) is 4.99 Å². The van der Waals surface area contributed by atoms with Crippen LogP contribution in [0.5, 0.6) is 5.75 Å². The standard InChI is InChI=1S/C17H20N4O2/c1-12-15-7-8-21(11-22)10-16(15)20-17(19-12)18-9-13-3-5-14(23-2)6-4-13/h3-6,11H,1,7-10H2,2H3,(H2,18,19,20). The molecule has 6 heteroatoms. The number of methoxy groups -OCH3 is 1. The van der Waals surface area contributed by atoms with Crippen LogP contribution in [0.15, 0.2) is 52.8 Å². The minimum absolute atomic E-state index is 0.548. The van der Waals surface area contributed by atoms with E-state index in [0.717, 1.165) is 47.7 Å². The highest BCUT2D eigenvalue weighted by Crippen LogP contribution is 2.22. The Bertz CT molecular complexity index is 676. The summed E-state index contributed by atoms with van der Waals surface area (Å²) in [6.45, 7) is 5.91. The van der Waals surface area contributed by atoms with Crippen molar-refractivity contribution in [3.8, 4) is 5.75 Å². The summed E-state index contributed by atoms with van der Waals surface area (Å²) in [6.07, 6.45) is 1.68. The highest BCUT2D eigenvalue weighted by atomic mass is 16.5. The van der Waals surface area contributed by atoms with Crippen LogP contribution in [0.2, 0.25) is 0 Å². The molecule has 0 saturated heterocycles. The zero-order chi connectivity index (χ0) is 16.2. The largest absolute Gasteiger partial charge is 0.497 e. The summed E-state index contributed by atoms with van der Waals surface area (Å²) < 4.78 is 5.15. The second-order valence-corrected chi connectivity index (χ2v) is 5.52. The van der Waals surface area contributed by atoms with Gasteiger partial charge in [-0.3, -0.25) is 4.79 Å². The zero-order valence-corrected chi connectivity index (χ0v) is 13.1. The maximum Gasteiger partial charge on any atom is 0.210 e. The van der Waals surface area contributed by atoms with Gasteiger partial charge in [0.2, 0.25) is 6.41 Å². The second kappa shape index (κ2) is 6.56. The lowest BCUT2D eigenvalue weighted by molar-refractivity contribution is -0.118. The van der Waals surface area contributed by atoms with E-state index < -0.39 is 0 Å². The van der Waals surface area contributed by atoms with Crippen molar-refractivity contribution in [2.75, 3.05) is 20.2 Å². The fraction of sp³-hybridized carbons (Fsp3) is 0.294. The van der Waals surface area contributed by atoms with E-state index in [-0.39, 0.29) is 0 Å². The van der Waals surface area contributed by atoms with Crippen LogP contribution in [0.3, 0.4) is 0 Å². The van der Waals surface area contributed by atoms with Crippen molar-refractivity contribution in [1.82, 2.24) is 15.5 Å². The van der Waals surface area contributed by atoms with E-state index in [1.165, 1.54) is 0 Å². The van der Waals surface area contributed by atoms with Gasteiger partial charge < -0.3 is 20.3 Å². The summed E-state index contributed by atoms with van der Waals surface area (Å²) in [6, 6.07) is 7.81. The van der Waals surface area contributed by atoms with Crippen molar-refractivity contribution < 1.29 is 9.53 Å². The molecule has 1 aromatic rings. The van der Waals surface area contributed by atoms with E-state index >= 15 is 0 Å². The molecule has 2 aliphatic rings. The van der Waals surface area contributed by atoms with Gasteiger partial charge in [-0.15, -0.1) is 0 Å². The first-order chi connectivity index (χ1) is 11.2. The van der Waals surface area contributed by atoms with E-state index in [9.17, 15) is 4.79 Å². The van der Waals surface area contributed by atoms with Gasteiger partial charge in [-0.2, -0.15) is 0 Å². The number of nitrogens with zero attached hydrogens (tertiary/aromatic N) is 2. The molecule has 0 fully saturated rings. The fourth-order valence-electron chi connectivity index (χ4n) is 2.69. The first kappa shape index (κ1) is 15.1. The number of benzene rings is 1. The quantitative estimate of drug-likeness (QED) is 0.824. The van der Waals surface area contributed by atoms with Crippen molar-refractivity contribution in [2.45, 2.75) is 13.0 Å². The number of allylic oxidation sites excluding steroid dienone is 1. The van der Waals surface area contributed by atoms with Crippen LogP contribution in [-0.2, 0) is 11.3 Å². The molecule has 2 aliphatic heterocycles. The SMILES string of the molecule is C=C1NC(=NCc2ccc(OC)cc2)NC2=C1CCN(C=O)C2. The third-order valence-corrected chi connectivity index (χ3v) is 4.01. The van der Waals surface area contributed by atoms with Crippen molar-refractivity contribution in [3.63, 3.8) is 0 Å².